The molecule has 0 unspecified atom stereocenters. The van der Waals surface area contributed by atoms with Gasteiger partial charge in [-0.3, -0.25) is 4.79 Å². The molecule has 1 aromatic rings. The van der Waals surface area contributed by atoms with E-state index in [9.17, 15) is 4.79 Å². The summed E-state index contributed by atoms with van der Waals surface area (Å²) in [5.74, 6) is -0.839. The Labute approximate surface area is 91.3 Å². The van der Waals surface area contributed by atoms with Crippen LogP contribution >= 0.6 is 15.9 Å². The van der Waals surface area contributed by atoms with Gasteiger partial charge >= 0.3 is 5.97 Å². The van der Waals surface area contributed by atoms with Crippen LogP contribution in [0.2, 0.25) is 0 Å². The maximum Gasteiger partial charge on any atom is 0.317 e. The Morgan fingerprint density at radius 1 is 1.50 bits per heavy atom. The zero-order valence-electron chi connectivity index (χ0n) is 7.83. The van der Waals surface area contributed by atoms with Crippen LogP contribution in [0.4, 0.5) is 0 Å². The summed E-state index contributed by atoms with van der Waals surface area (Å²) in [6.45, 7) is 1.92. The number of carboxylic acids is 1. The number of halogens is 1. The van der Waals surface area contributed by atoms with Gasteiger partial charge in [0.15, 0.2) is 0 Å². The number of hydrogen-bond acceptors (Lipinski definition) is 2. The highest BCUT2D eigenvalue weighted by atomic mass is 79.9. The summed E-state index contributed by atoms with van der Waals surface area (Å²) in [5, 5.41) is 11.4. The molecule has 0 aliphatic carbocycles. The van der Waals surface area contributed by atoms with E-state index in [1.54, 1.807) is 0 Å². The lowest BCUT2D eigenvalue weighted by atomic mass is 10.1. The van der Waals surface area contributed by atoms with E-state index in [0.717, 1.165) is 10.0 Å². The monoisotopic (exact) mass is 257 g/mol. The molecule has 0 aromatic heterocycles. The molecule has 0 spiro atoms. The molecule has 1 aromatic carbocycles. The van der Waals surface area contributed by atoms with Crippen LogP contribution in [-0.2, 0) is 4.79 Å². The van der Waals surface area contributed by atoms with Crippen molar-refractivity contribution in [2.75, 3.05) is 6.54 Å². The van der Waals surface area contributed by atoms with Crippen molar-refractivity contribution in [1.29, 1.82) is 0 Å². The maximum atomic E-state index is 10.3. The van der Waals surface area contributed by atoms with E-state index in [1.807, 2.05) is 31.2 Å². The van der Waals surface area contributed by atoms with Crippen molar-refractivity contribution in [3.05, 3.63) is 34.3 Å². The summed E-state index contributed by atoms with van der Waals surface area (Å²) in [6, 6.07) is 7.86. The van der Waals surface area contributed by atoms with Gasteiger partial charge in [-0.2, -0.15) is 0 Å². The highest BCUT2D eigenvalue weighted by Crippen LogP contribution is 2.15. The fourth-order valence-electron chi connectivity index (χ4n) is 1.11. The molecule has 3 nitrogen and oxygen atoms in total. The molecule has 1 atom stereocenters. The van der Waals surface area contributed by atoms with Crippen molar-refractivity contribution in [3.8, 4) is 0 Å². The number of carboxylic acid groups (broad SMARTS) is 1. The molecule has 0 aliphatic heterocycles. The topological polar surface area (TPSA) is 49.3 Å². The highest BCUT2D eigenvalue weighted by molar-refractivity contribution is 9.10. The van der Waals surface area contributed by atoms with Gasteiger partial charge in [-0.25, -0.2) is 0 Å². The summed E-state index contributed by atoms with van der Waals surface area (Å²) in [4.78, 5) is 10.3. The zero-order chi connectivity index (χ0) is 10.6. The predicted octanol–water partition coefficient (Wildman–Crippen LogP) is 2.18. The van der Waals surface area contributed by atoms with Gasteiger partial charge in [0.1, 0.15) is 0 Å². The zero-order valence-corrected chi connectivity index (χ0v) is 9.41. The van der Waals surface area contributed by atoms with Crippen molar-refractivity contribution in [1.82, 2.24) is 5.32 Å². The van der Waals surface area contributed by atoms with Crippen molar-refractivity contribution in [2.24, 2.45) is 0 Å². The van der Waals surface area contributed by atoms with Crippen molar-refractivity contribution in [3.63, 3.8) is 0 Å². The molecule has 0 amide bonds. The fraction of sp³-hybridized carbons (Fsp3) is 0.300. The number of carbonyl (C=O) groups is 1. The third-order valence-corrected chi connectivity index (χ3v) is 2.46. The van der Waals surface area contributed by atoms with Gasteiger partial charge in [0.2, 0.25) is 0 Å². The fourth-order valence-corrected chi connectivity index (χ4v) is 1.37. The maximum absolute atomic E-state index is 10.3. The van der Waals surface area contributed by atoms with E-state index >= 15 is 0 Å². The first-order chi connectivity index (χ1) is 6.59. The summed E-state index contributed by atoms with van der Waals surface area (Å²) >= 11 is 3.34. The number of hydrogen-bond donors (Lipinski definition) is 2. The second kappa shape index (κ2) is 5.12. The normalized spacial score (nSPS) is 12.4. The van der Waals surface area contributed by atoms with Crippen LogP contribution in [-0.4, -0.2) is 17.6 Å². The first-order valence-electron chi connectivity index (χ1n) is 4.30. The summed E-state index contributed by atoms with van der Waals surface area (Å²) in [5.41, 5.74) is 1.08. The van der Waals surface area contributed by atoms with E-state index in [0.29, 0.717) is 0 Å². The molecule has 0 fully saturated rings. The first-order valence-corrected chi connectivity index (χ1v) is 5.09. The molecule has 0 saturated carbocycles. The molecule has 2 N–H and O–H groups in total. The lowest BCUT2D eigenvalue weighted by Crippen LogP contribution is -2.25. The average molecular weight is 258 g/mol. The number of aliphatic carboxylic acids is 1. The van der Waals surface area contributed by atoms with Crippen LogP contribution in [0.25, 0.3) is 0 Å². The van der Waals surface area contributed by atoms with Crippen LogP contribution in [0.1, 0.15) is 18.5 Å². The smallest absolute Gasteiger partial charge is 0.317 e. The molecule has 0 radical (unpaired) electrons. The van der Waals surface area contributed by atoms with Crippen LogP contribution in [0, 0.1) is 0 Å². The molecule has 76 valence electrons. The molecule has 0 saturated heterocycles. The summed E-state index contributed by atoms with van der Waals surface area (Å²) < 4.78 is 1.02. The van der Waals surface area contributed by atoms with Crippen LogP contribution in [0.3, 0.4) is 0 Å². The van der Waals surface area contributed by atoms with E-state index in [1.165, 1.54) is 0 Å². The Morgan fingerprint density at radius 3 is 2.57 bits per heavy atom. The average Bonchev–Trinajstić information content (AvgIpc) is 2.15. The second-order valence-corrected chi connectivity index (χ2v) is 3.96. The Bertz CT molecular complexity index is 310. The van der Waals surface area contributed by atoms with Gasteiger partial charge < -0.3 is 10.4 Å². The molecule has 0 aliphatic rings. The van der Waals surface area contributed by atoms with Gasteiger partial charge in [-0.15, -0.1) is 0 Å². The minimum atomic E-state index is -0.839. The Morgan fingerprint density at radius 2 is 2.07 bits per heavy atom. The molecular weight excluding hydrogens is 246 g/mol. The van der Waals surface area contributed by atoms with E-state index < -0.39 is 5.97 Å². The third kappa shape index (κ3) is 3.47. The van der Waals surface area contributed by atoms with Gasteiger partial charge in [0.05, 0.1) is 6.54 Å². The SMILES string of the molecule is C[C@H](NCC(=O)O)c1ccc(Br)cc1. The van der Waals surface area contributed by atoms with E-state index in [-0.39, 0.29) is 12.6 Å². The van der Waals surface area contributed by atoms with E-state index in [4.69, 9.17) is 5.11 Å². The standard InChI is InChI=1S/C10H12BrNO2/c1-7(12-6-10(13)14)8-2-4-9(11)5-3-8/h2-5,7,12H,6H2,1H3,(H,13,14)/t7-/m0/s1. The van der Waals surface area contributed by atoms with Crippen molar-refractivity contribution in [2.45, 2.75) is 13.0 Å². The predicted molar refractivity (Wildman–Crippen MR) is 58.2 cm³/mol. The molecule has 14 heavy (non-hydrogen) atoms. The van der Waals surface area contributed by atoms with Crippen LogP contribution < -0.4 is 5.32 Å². The largest absolute Gasteiger partial charge is 0.480 e. The Balaban J connectivity index is 2.56. The molecular formula is C10H12BrNO2. The molecule has 4 heteroatoms. The lowest BCUT2D eigenvalue weighted by molar-refractivity contribution is -0.136. The van der Waals surface area contributed by atoms with Gasteiger partial charge in [-0.1, -0.05) is 28.1 Å². The molecule has 0 bridgehead atoms. The minimum absolute atomic E-state index is 0.0166. The number of rotatable bonds is 4. The molecule has 1 rings (SSSR count). The summed E-state index contributed by atoms with van der Waals surface area (Å²) in [7, 11) is 0. The van der Waals surface area contributed by atoms with Gasteiger partial charge in [-0.05, 0) is 24.6 Å². The number of nitrogens with one attached hydrogen (secondary N) is 1. The van der Waals surface area contributed by atoms with Gasteiger partial charge in [0.25, 0.3) is 0 Å². The van der Waals surface area contributed by atoms with Crippen molar-refractivity contribution >= 4 is 21.9 Å². The van der Waals surface area contributed by atoms with E-state index in [2.05, 4.69) is 21.2 Å². The quantitative estimate of drug-likeness (QED) is 0.870. The van der Waals surface area contributed by atoms with Crippen LogP contribution in [0.5, 0.6) is 0 Å². The third-order valence-electron chi connectivity index (χ3n) is 1.93. The van der Waals surface area contributed by atoms with Crippen molar-refractivity contribution < 1.29 is 9.90 Å². The van der Waals surface area contributed by atoms with Gasteiger partial charge in [0, 0.05) is 10.5 Å². The second-order valence-electron chi connectivity index (χ2n) is 3.05. The minimum Gasteiger partial charge on any atom is -0.480 e. The van der Waals surface area contributed by atoms with Crippen LogP contribution in [0.15, 0.2) is 28.7 Å². The molecule has 0 heterocycles. The highest BCUT2D eigenvalue weighted by Gasteiger charge is 2.05. The first kappa shape index (κ1) is 11.2. The Hall–Kier alpha value is -0.870. The lowest BCUT2D eigenvalue weighted by Gasteiger charge is -2.12. The number of benzene rings is 1. The summed E-state index contributed by atoms with van der Waals surface area (Å²) in [6.07, 6.45) is 0. The Kier molecular flexibility index (Phi) is 4.10.